The molecule has 0 spiro atoms. The van der Waals surface area contributed by atoms with Gasteiger partial charge in [0, 0.05) is 6.42 Å². The van der Waals surface area contributed by atoms with Crippen molar-refractivity contribution in [3.8, 4) is 0 Å². The maximum absolute atomic E-state index is 12.6. The molecule has 0 radical (unpaired) electrons. The van der Waals surface area contributed by atoms with Gasteiger partial charge in [-0.15, -0.1) is 0 Å². The topological polar surface area (TPSA) is 153 Å². The van der Waals surface area contributed by atoms with Crippen molar-refractivity contribution in [1.82, 2.24) is 20.8 Å². The number of H-pyrrole nitrogens is 2. The average molecular weight is 468 g/mol. The first-order valence-electron chi connectivity index (χ1n) is 11.9. The molecular weight excluding hydrogens is 438 g/mol. The van der Waals surface area contributed by atoms with Gasteiger partial charge in [0.25, 0.3) is 11.1 Å². The molecule has 0 saturated heterocycles. The van der Waals surface area contributed by atoms with Crippen LogP contribution < -0.4 is 27.1 Å². The summed E-state index contributed by atoms with van der Waals surface area (Å²) >= 11 is 0. The second-order valence-electron chi connectivity index (χ2n) is 10.3. The van der Waals surface area contributed by atoms with Gasteiger partial charge in [-0.05, 0) is 73.8 Å². The van der Waals surface area contributed by atoms with Crippen molar-refractivity contribution in [3.05, 3.63) is 38.9 Å². The molecule has 4 fully saturated rings. The van der Waals surface area contributed by atoms with Gasteiger partial charge in [0.1, 0.15) is 0 Å². The minimum atomic E-state index is -0.555. The predicted molar refractivity (Wildman–Crippen MR) is 125 cm³/mol. The lowest BCUT2D eigenvalue weighted by Crippen LogP contribution is -2.48. The molecule has 3 amide bonds. The second kappa shape index (κ2) is 8.73. The Hall–Kier alpha value is -3.43. The number of rotatable bonds is 7. The van der Waals surface area contributed by atoms with Gasteiger partial charge in [0.2, 0.25) is 17.7 Å². The number of aromatic nitrogens is 2. The number of hydrogen-bond acceptors (Lipinski definition) is 5. The molecule has 6 rings (SSSR count). The van der Waals surface area contributed by atoms with Crippen molar-refractivity contribution in [2.75, 3.05) is 18.4 Å². The molecule has 4 saturated carbocycles. The van der Waals surface area contributed by atoms with E-state index in [1.165, 1.54) is 31.4 Å². The molecule has 34 heavy (non-hydrogen) atoms. The second-order valence-corrected chi connectivity index (χ2v) is 10.3. The van der Waals surface area contributed by atoms with Crippen molar-refractivity contribution in [3.63, 3.8) is 0 Å². The third-order valence-corrected chi connectivity index (χ3v) is 7.69. The van der Waals surface area contributed by atoms with E-state index in [0.29, 0.717) is 6.42 Å². The fraction of sp³-hybridized carbons (Fsp3) is 0.542. The molecule has 10 nitrogen and oxygen atoms in total. The summed E-state index contributed by atoms with van der Waals surface area (Å²) < 4.78 is 0. The van der Waals surface area contributed by atoms with Crippen LogP contribution in [0.5, 0.6) is 0 Å². The van der Waals surface area contributed by atoms with Crippen molar-refractivity contribution < 1.29 is 14.4 Å². The Morgan fingerprint density at radius 1 is 0.824 bits per heavy atom. The summed E-state index contributed by atoms with van der Waals surface area (Å²) in [6.07, 6.45) is 7.79. The number of hydrogen-bond donors (Lipinski definition) is 5. The number of benzene rings is 1. The van der Waals surface area contributed by atoms with E-state index in [9.17, 15) is 24.0 Å². The maximum Gasteiger partial charge on any atom is 0.272 e. The van der Waals surface area contributed by atoms with Crippen molar-refractivity contribution in [2.45, 2.75) is 44.9 Å². The van der Waals surface area contributed by atoms with Crippen molar-refractivity contribution >= 4 is 34.2 Å². The summed E-state index contributed by atoms with van der Waals surface area (Å²) in [6, 6.07) is 4.53. The van der Waals surface area contributed by atoms with E-state index in [2.05, 4.69) is 26.1 Å². The van der Waals surface area contributed by atoms with Crippen molar-refractivity contribution in [2.24, 2.45) is 23.2 Å². The van der Waals surface area contributed by atoms with E-state index in [1.54, 1.807) is 6.07 Å². The van der Waals surface area contributed by atoms with Crippen LogP contribution in [0.1, 0.15) is 44.9 Å². The maximum atomic E-state index is 12.6. The fourth-order valence-electron chi connectivity index (χ4n) is 6.86. The Bertz CT molecular complexity index is 1230. The first kappa shape index (κ1) is 22.4. The Morgan fingerprint density at radius 3 is 2.09 bits per heavy atom. The number of aromatic amines is 2. The number of carbonyl (C=O) groups excluding carboxylic acids is 3. The molecule has 0 aliphatic heterocycles. The summed E-state index contributed by atoms with van der Waals surface area (Å²) in [6.45, 7) is -0.525. The predicted octanol–water partition coefficient (Wildman–Crippen LogP) is 0.994. The smallest absolute Gasteiger partial charge is 0.272 e. The van der Waals surface area contributed by atoms with E-state index in [4.69, 9.17) is 0 Å². The lowest BCUT2D eigenvalue weighted by Gasteiger charge is -2.56. The van der Waals surface area contributed by atoms with E-state index < -0.39 is 22.9 Å². The number of fused-ring (bicyclic) bond motifs is 1. The van der Waals surface area contributed by atoms with Crippen LogP contribution >= 0.6 is 0 Å². The highest BCUT2D eigenvalue weighted by atomic mass is 16.2. The van der Waals surface area contributed by atoms with Gasteiger partial charge in [-0.2, -0.15) is 0 Å². The Labute approximate surface area is 195 Å². The van der Waals surface area contributed by atoms with Crippen LogP contribution in [0, 0.1) is 23.2 Å². The zero-order chi connectivity index (χ0) is 23.9. The molecule has 1 aromatic heterocycles. The highest BCUT2D eigenvalue weighted by Gasteiger charge is 2.51. The van der Waals surface area contributed by atoms with Crippen LogP contribution in [-0.4, -0.2) is 41.0 Å². The summed E-state index contributed by atoms with van der Waals surface area (Å²) in [5.41, 5.74) is -0.750. The molecule has 2 aromatic rings. The van der Waals surface area contributed by atoms with Crippen LogP contribution in [-0.2, 0) is 14.4 Å². The molecule has 4 aliphatic carbocycles. The molecule has 4 aliphatic rings. The monoisotopic (exact) mass is 467 g/mol. The van der Waals surface area contributed by atoms with Gasteiger partial charge in [-0.25, -0.2) is 0 Å². The Kier molecular flexibility index (Phi) is 5.75. The summed E-state index contributed by atoms with van der Waals surface area (Å²) in [4.78, 5) is 61.0. The largest absolute Gasteiger partial charge is 0.347 e. The molecule has 10 heteroatoms. The van der Waals surface area contributed by atoms with E-state index >= 15 is 0 Å². The molecule has 1 aromatic carbocycles. The number of nitrogens with one attached hydrogen (secondary N) is 5. The van der Waals surface area contributed by atoms with E-state index in [-0.39, 0.29) is 40.9 Å². The first-order chi connectivity index (χ1) is 16.3. The van der Waals surface area contributed by atoms with Gasteiger partial charge >= 0.3 is 0 Å². The van der Waals surface area contributed by atoms with Gasteiger partial charge in [0.15, 0.2) is 0 Å². The van der Waals surface area contributed by atoms with Gasteiger partial charge in [-0.3, -0.25) is 34.2 Å². The fourth-order valence-corrected chi connectivity index (χ4v) is 6.86. The molecule has 4 bridgehead atoms. The molecule has 0 atom stereocenters. The van der Waals surface area contributed by atoms with Gasteiger partial charge < -0.3 is 16.0 Å². The lowest BCUT2D eigenvalue weighted by molar-refractivity contribution is -0.132. The number of anilines is 1. The standard InChI is InChI=1S/C24H29N5O5/c30-18(10-24-7-13-4-14(8-24)6-15(5-13)9-24)25-11-19(31)26-12-20(32)27-17-3-1-2-16-21(17)23(34)29-28-22(16)33/h1-3,13-15H,4-12H2,(H,25,30)(H,26,31)(H,27,32)(H,28,33)(H,29,34). The highest BCUT2D eigenvalue weighted by Crippen LogP contribution is 2.61. The van der Waals surface area contributed by atoms with Crippen LogP contribution in [0.4, 0.5) is 5.69 Å². The van der Waals surface area contributed by atoms with Crippen LogP contribution in [0.15, 0.2) is 27.8 Å². The third-order valence-electron chi connectivity index (χ3n) is 7.69. The van der Waals surface area contributed by atoms with Gasteiger partial charge in [-0.1, -0.05) is 6.07 Å². The minimum Gasteiger partial charge on any atom is -0.347 e. The van der Waals surface area contributed by atoms with Crippen LogP contribution in [0.3, 0.4) is 0 Å². The molecule has 5 N–H and O–H groups in total. The van der Waals surface area contributed by atoms with E-state index in [1.807, 2.05) is 0 Å². The van der Waals surface area contributed by atoms with Crippen LogP contribution in [0.2, 0.25) is 0 Å². The first-order valence-corrected chi connectivity index (χ1v) is 11.9. The van der Waals surface area contributed by atoms with Crippen molar-refractivity contribution in [1.29, 1.82) is 0 Å². The average Bonchev–Trinajstić information content (AvgIpc) is 2.77. The third kappa shape index (κ3) is 4.49. The minimum absolute atomic E-state index is 0.0582. The quantitative estimate of drug-likeness (QED) is 0.411. The molecule has 180 valence electrons. The van der Waals surface area contributed by atoms with Crippen LogP contribution in [0.25, 0.3) is 10.8 Å². The number of carbonyl (C=O) groups is 3. The summed E-state index contributed by atoms with van der Waals surface area (Å²) in [5.74, 6) is 1.15. The zero-order valence-electron chi connectivity index (χ0n) is 18.9. The Balaban J connectivity index is 1.10. The summed E-state index contributed by atoms with van der Waals surface area (Å²) in [5, 5.41) is 12.4. The molecule has 1 heterocycles. The lowest BCUT2D eigenvalue weighted by atomic mass is 9.49. The molecular formula is C24H29N5O5. The summed E-state index contributed by atoms with van der Waals surface area (Å²) in [7, 11) is 0. The highest BCUT2D eigenvalue weighted by molar-refractivity contribution is 6.02. The van der Waals surface area contributed by atoms with E-state index in [0.717, 1.165) is 37.0 Å². The number of amides is 3. The van der Waals surface area contributed by atoms with Gasteiger partial charge in [0.05, 0.1) is 29.5 Å². The SMILES string of the molecule is O=C(CNC(=O)CC12CC3CC(CC(C3)C1)C2)NCC(=O)Nc1cccc2c(=O)[nH][nH]c(=O)c12. The zero-order valence-corrected chi connectivity index (χ0v) is 18.9. The molecule has 0 unspecified atom stereocenters. The Morgan fingerprint density at radius 2 is 1.41 bits per heavy atom. The normalized spacial score (nSPS) is 26.9.